The largest absolute Gasteiger partial charge is 0.296 e. The van der Waals surface area contributed by atoms with Crippen LogP contribution in [0.2, 0.25) is 0 Å². The summed E-state index contributed by atoms with van der Waals surface area (Å²) in [5.41, 5.74) is 3.47. The maximum Gasteiger partial charge on any atom is 0.255 e. The van der Waals surface area contributed by atoms with Crippen molar-refractivity contribution >= 4 is 15.9 Å². The Morgan fingerprint density at radius 3 is 2.68 bits per heavy atom. The number of benzene rings is 1. The molecule has 3 aliphatic rings. The van der Waals surface area contributed by atoms with E-state index in [1.54, 1.807) is 0 Å². The number of nitrogens with one attached hydrogen (secondary N) is 1. The molecule has 2 aliphatic carbocycles. The molecule has 0 radical (unpaired) electrons. The summed E-state index contributed by atoms with van der Waals surface area (Å²) in [6.45, 7) is 6.56. The number of amides is 1. The third-order valence-corrected chi connectivity index (χ3v) is 9.56. The molecule has 2 bridgehead atoms. The molecular weight excluding hydrogens is 376 g/mol. The minimum absolute atomic E-state index is 0.0429. The summed E-state index contributed by atoms with van der Waals surface area (Å²) in [6, 6.07) is 8.79. The van der Waals surface area contributed by atoms with Gasteiger partial charge in [-0.15, -0.1) is 0 Å². The number of fused-ring (bicyclic) bond motifs is 1. The molecule has 0 aromatic heterocycles. The van der Waals surface area contributed by atoms with Gasteiger partial charge in [-0.05, 0) is 42.6 Å². The van der Waals surface area contributed by atoms with E-state index in [2.05, 4.69) is 19.3 Å². The average Bonchev–Trinajstić information content (AvgIpc) is 3.13. The van der Waals surface area contributed by atoms with Crippen LogP contribution in [0, 0.1) is 16.7 Å². The first-order valence-corrected chi connectivity index (χ1v) is 11.8. The quantitative estimate of drug-likeness (QED) is 0.735. The lowest BCUT2D eigenvalue weighted by atomic mass is 9.69. The van der Waals surface area contributed by atoms with Crippen LogP contribution < -0.4 is 5.48 Å². The Labute approximate surface area is 167 Å². The molecule has 4 rings (SSSR count). The Balaban J connectivity index is 1.50. The van der Waals surface area contributed by atoms with E-state index >= 15 is 0 Å². The molecule has 1 aliphatic heterocycles. The molecule has 1 heterocycles. The van der Waals surface area contributed by atoms with Crippen LogP contribution in [-0.4, -0.2) is 36.5 Å². The molecule has 154 valence electrons. The maximum atomic E-state index is 13.3. The first-order chi connectivity index (χ1) is 13.2. The van der Waals surface area contributed by atoms with Crippen LogP contribution in [0.1, 0.15) is 52.0 Å². The van der Waals surface area contributed by atoms with Gasteiger partial charge in [-0.1, -0.05) is 51.1 Å². The summed E-state index contributed by atoms with van der Waals surface area (Å²) in [4.78, 5) is 18.8. The van der Waals surface area contributed by atoms with Crippen LogP contribution in [0.4, 0.5) is 0 Å². The Hall–Kier alpha value is -1.44. The van der Waals surface area contributed by atoms with Gasteiger partial charge >= 0.3 is 0 Å². The first-order valence-electron chi connectivity index (χ1n) is 10.2. The lowest BCUT2D eigenvalue weighted by Gasteiger charge is -2.37. The second-order valence-electron chi connectivity index (χ2n) is 9.11. The molecule has 1 amide bonds. The van der Waals surface area contributed by atoms with Gasteiger partial charge in [0.15, 0.2) is 0 Å². The summed E-state index contributed by atoms with van der Waals surface area (Å²) in [5, 5.41) is 0. The lowest BCUT2D eigenvalue weighted by Crippen LogP contribution is -2.51. The van der Waals surface area contributed by atoms with Crippen LogP contribution in [0.25, 0.3) is 0 Å². The van der Waals surface area contributed by atoms with Crippen molar-refractivity contribution in [2.24, 2.45) is 16.7 Å². The van der Waals surface area contributed by atoms with Crippen LogP contribution in [0.5, 0.6) is 0 Å². The van der Waals surface area contributed by atoms with Crippen LogP contribution >= 0.6 is 0 Å². The normalized spacial score (nSPS) is 33.0. The van der Waals surface area contributed by atoms with Crippen molar-refractivity contribution in [3.63, 3.8) is 0 Å². The van der Waals surface area contributed by atoms with E-state index in [1.807, 2.05) is 37.3 Å². The van der Waals surface area contributed by atoms with Gasteiger partial charge in [-0.3, -0.25) is 9.63 Å². The van der Waals surface area contributed by atoms with Crippen molar-refractivity contribution in [2.45, 2.75) is 65.1 Å². The van der Waals surface area contributed by atoms with Gasteiger partial charge in [-0.25, -0.2) is 12.7 Å². The number of rotatable bonds is 6. The van der Waals surface area contributed by atoms with E-state index in [1.165, 1.54) is 4.31 Å². The van der Waals surface area contributed by atoms with Gasteiger partial charge in [-0.2, -0.15) is 5.48 Å². The minimum atomic E-state index is -3.60. The second-order valence-corrected chi connectivity index (χ2v) is 11.0. The Morgan fingerprint density at radius 2 is 2.04 bits per heavy atom. The van der Waals surface area contributed by atoms with Gasteiger partial charge in [0.2, 0.25) is 10.0 Å². The number of carbonyl (C=O) groups excluding carboxylic acids is 1. The predicted molar refractivity (Wildman–Crippen MR) is 106 cm³/mol. The van der Waals surface area contributed by atoms with E-state index in [0.29, 0.717) is 18.9 Å². The molecule has 7 heteroatoms. The summed E-state index contributed by atoms with van der Waals surface area (Å²) in [5.74, 6) is 0.216. The standard InChI is InChI=1S/C21H30N2O4S/c1-4-17(22-27-13-15-8-6-5-7-9-15)19(24)23-18-12-16-10-11-21(18,20(16,2)3)14-28(23,25)26/h5-9,16-18,22H,4,10-14H2,1-3H3/t16?,17-,18+,21-/m1/s1. The molecule has 1 N–H and O–H groups in total. The number of hydrogen-bond acceptors (Lipinski definition) is 5. The molecule has 1 unspecified atom stereocenters. The predicted octanol–water partition coefficient (Wildman–Crippen LogP) is 2.85. The summed E-state index contributed by atoms with van der Waals surface area (Å²) >= 11 is 0. The van der Waals surface area contributed by atoms with Crippen molar-refractivity contribution in [1.29, 1.82) is 0 Å². The van der Waals surface area contributed by atoms with E-state index in [0.717, 1.165) is 24.8 Å². The molecule has 1 spiro atoms. The van der Waals surface area contributed by atoms with Crippen molar-refractivity contribution < 1.29 is 18.0 Å². The van der Waals surface area contributed by atoms with Crippen LogP contribution in [0.15, 0.2) is 30.3 Å². The number of nitrogens with zero attached hydrogens (tertiary/aromatic N) is 1. The fraction of sp³-hybridized carbons (Fsp3) is 0.667. The number of hydrogen-bond donors (Lipinski definition) is 1. The minimum Gasteiger partial charge on any atom is -0.296 e. The van der Waals surface area contributed by atoms with E-state index in [9.17, 15) is 13.2 Å². The zero-order valence-electron chi connectivity index (χ0n) is 16.8. The second kappa shape index (κ2) is 6.82. The van der Waals surface area contributed by atoms with Gasteiger partial charge < -0.3 is 0 Å². The van der Waals surface area contributed by atoms with E-state index in [-0.39, 0.29) is 28.5 Å². The molecule has 1 aromatic rings. The van der Waals surface area contributed by atoms with Crippen molar-refractivity contribution in [1.82, 2.24) is 9.79 Å². The highest BCUT2D eigenvalue weighted by atomic mass is 32.2. The molecule has 4 atom stereocenters. The Morgan fingerprint density at radius 1 is 1.32 bits per heavy atom. The third-order valence-electron chi connectivity index (χ3n) is 7.64. The highest BCUT2D eigenvalue weighted by Crippen LogP contribution is 2.70. The summed E-state index contributed by atoms with van der Waals surface area (Å²) < 4.78 is 27.3. The van der Waals surface area contributed by atoms with Crippen LogP contribution in [0.3, 0.4) is 0 Å². The molecule has 1 aromatic carbocycles. The zero-order valence-corrected chi connectivity index (χ0v) is 17.7. The molecule has 6 nitrogen and oxygen atoms in total. The highest BCUT2D eigenvalue weighted by Gasteiger charge is 2.72. The van der Waals surface area contributed by atoms with Gasteiger partial charge in [0.25, 0.3) is 5.91 Å². The van der Waals surface area contributed by atoms with E-state index in [4.69, 9.17) is 4.84 Å². The number of carbonyl (C=O) groups is 1. The molecular formula is C21H30N2O4S. The maximum absolute atomic E-state index is 13.3. The van der Waals surface area contributed by atoms with E-state index < -0.39 is 16.1 Å². The lowest BCUT2D eigenvalue weighted by molar-refractivity contribution is -0.136. The van der Waals surface area contributed by atoms with Crippen molar-refractivity contribution in [3.8, 4) is 0 Å². The number of sulfonamides is 1. The topological polar surface area (TPSA) is 75.7 Å². The molecule has 1 saturated heterocycles. The highest BCUT2D eigenvalue weighted by molar-refractivity contribution is 7.90. The van der Waals surface area contributed by atoms with Crippen molar-refractivity contribution in [3.05, 3.63) is 35.9 Å². The monoisotopic (exact) mass is 406 g/mol. The number of hydroxylamine groups is 1. The fourth-order valence-electron chi connectivity index (χ4n) is 5.84. The summed E-state index contributed by atoms with van der Waals surface area (Å²) in [6.07, 6.45) is 3.22. The SMILES string of the molecule is CC[C@@H](NOCc1ccccc1)C(=O)N1[C@H]2CC3CC[C@]2(CS1(=O)=O)C3(C)C. The van der Waals surface area contributed by atoms with Gasteiger partial charge in [0.05, 0.1) is 18.4 Å². The van der Waals surface area contributed by atoms with Crippen molar-refractivity contribution in [2.75, 3.05) is 5.75 Å². The first kappa shape index (κ1) is 19.9. The molecule has 3 fully saturated rings. The van der Waals surface area contributed by atoms with Crippen LogP contribution in [-0.2, 0) is 26.3 Å². The van der Waals surface area contributed by atoms with Gasteiger partial charge in [0.1, 0.15) is 6.04 Å². The Kier molecular flexibility index (Phi) is 4.83. The smallest absolute Gasteiger partial charge is 0.255 e. The summed E-state index contributed by atoms with van der Waals surface area (Å²) in [7, 11) is -3.60. The Bertz CT molecular complexity index is 854. The average molecular weight is 407 g/mol. The fourth-order valence-corrected chi connectivity index (χ4v) is 8.42. The third kappa shape index (κ3) is 2.82. The van der Waals surface area contributed by atoms with Gasteiger partial charge in [0, 0.05) is 5.41 Å². The zero-order chi connectivity index (χ0) is 20.2. The molecule has 2 saturated carbocycles. The molecule has 28 heavy (non-hydrogen) atoms.